The predicted molar refractivity (Wildman–Crippen MR) is 111 cm³/mol. The number of methoxy groups -OCH3 is 1. The normalized spacial score (nSPS) is 10.4. The Morgan fingerprint density at radius 2 is 1.83 bits per heavy atom. The molecule has 29 heavy (non-hydrogen) atoms. The molecule has 2 aromatic carbocycles. The molecule has 1 aromatic heterocycles. The number of nitrogens with zero attached hydrogens (tertiary/aromatic N) is 3. The van der Waals surface area contributed by atoms with Gasteiger partial charge in [-0.25, -0.2) is 0 Å². The van der Waals surface area contributed by atoms with Crippen LogP contribution < -0.4 is 15.4 Å². The fourth-order valence-corrected chi connectivity index (χ4v) is 3.15. The number of ether oxygens (including phenoxy) is 1. The van der Waals surface area contributed by atoms with Gasteiger partial charge in [-0.05, 0) is 42.0 Å². The largest absolute Gasteiger partial charge is 0.497 e. The van der Waals surface area contributed by atoms with Crippen molar-refractivity contribution < 1.29 is 14.3 Å². The van der Waals surface area contributed by atoms with Crippen LogP contribution in [0.5, 0.6) is 5.75 Å². The zero-order valence-electron chi connectivity index (χ0n) is 16.1. The van der Waals surface area contributed by atoms with E-state index in [9.17, 15) is 9.59 Å². The summed E-state index contributed by atoms with van der Waals surface area (Å²) in [6.07, 6.45) is 1.58. The van der Waals surface area contributed by atoms with E-state index in [0.717, 1.165) is 11.3 Å². The Hall–Kier alpha value is -3.33. The van der Waals surface area contributed by atoms with Crippen molar-refractivity contribution in [1.29, 1.82) is 0 Å². The monoisotopic (exact) mass is 411 g/mol. The zero-order valence-corrected chi connectivity index (χ0v) is 16.9. The third-order valence-electron chi connectivity index (χ3n) is 4.05. The molecule has 0 aliphatic heterocycles. The number of anilines is 1. The first-order valence-electron chi connectivity index (χ1n) is 8.83. The molecule has 2 N–H and O–H groups in total. The molecule has 3 rings (SSSR count). The van der Waals surface area contributed by atoms with Gasteiger partial charge in [-0.1, -0.05) is 23.9 Å². The molecule has 0 radical (unpaired) electrons. The van der Waals surface area contributed by atoms with Crippen LogP contribution in [0.15, 0.2) is 60.0 Å². The lowest BCUT2D eigenvalue weighted by molar-refractivity contribution is -0.113. The van der Waals surface area contributed by atoms with E-state index in [0.29, 0.717) is 23.0 Å². The summed E-state index contributed by atoms with van der Waals surface area (Å²) < 4.78 is 6.86. The van der Waals surface area contributed by atoms with E-state index in [4.69, 9.17) is 4.74 Å². The molecule has 0 saturated heterocycles. The van der Waals surface area contributed by atoms with Gasteiger partial charge in [0.1, 0.15) is 12.1 Å². The lowest BCUT2D eigenvalue weighted by atomic mass is 10.1. The predicted octanol–water partition coefficient (Wildman–Crippen LogP) is 2.48. The molecule has 0 aliphatic rings. The van der Waals surface area contributed by atoms with Crippen LogP contribution in [-0.2, 0) is 18.4 Å². The fraction of sp³-hybridized carbons (Fsp3) is 0.200. The summed E-state index contributed by atoms with van der Waals surface area (Å²) in [5.74, 6) is 0.648. The summed E-state index contributed by atoms with van der Waals surface area (Å²) in [5.41, 5.74) is 2.12. The second kappa shape index (κ2) is 9.74. The summed E-state index contributed by atoms with van der Waals surface area (Å²) in [4.78, 5) is 24.4. The minimum Gasteiger partial charge on any atom is -0.497 e. The highest BCUT2D eigenvalue weighted by Gasteiger charge is 2.09. The molecular weight excluding hydrogens is 390 g/mol. The van der Waals surface area contributed by atoms with Gasteiger partial charge in [-0.15, -0.1) is 10.2 Å². The SMILES string of the molecule is COc1ccc(CNC(=O)c2ccc(NC(=O)CSc3nncn3C)cc2)cc1. The number of amides is 2. The number of hydrogen-bond acceptors (Lipinski definition) is 6. The van der Waals surface area contributed by atoms with Gasteiger partial charge >= 0.3 is 0 Å². The molecule has 0 spiro atoms. The Bertz CT molecular complexity index is 971. The Morgan fingerprint density at radius 1 is 1.10 bits per heavy atom. The van der Waals surface area contributed by atoms with Gasteiger partial charge < -0.3 is 19.9 Å². The molecule has 0 bridgehead atoms. The maximum absolute atomic E-state index is 12.3. The van der Waals surface area contributed by atoms with Gasteiger partial charge in [0.05, 0.1) is 12.9 Å². The number of carbonyl (C=O) groups excluding carboxylic acids is 2. The van der Waals surface area contributed by atoms with E-state index in [2.05, 4.69) is 20.8 Å². The highest BCUT2D eigenvalue weighted by atomic mass is 32.2. The number of benzene rings is 2. The topological polar surface area (TPSA) is 98.1 Å². The van der Waals surface area contributed by atoms with E-state index >= 15 is 0 Å². The molecule has 0 aliphatic carbocycles. The first-order valence-corrected chi connectivity index (χ1v) is 9.81. The van der Waals surface area contributed by atoms with Gasteiger partial charge in [0, 0.05) is 24.8 Å². The average Bonchev–Trinajstić information content (AvgIpc) is 3.16. The maximum Gasteiger partial charge on any atom is 0.251 e. The first-order chi connectivity index (χ1) is 14.0. The highest BCUT2D eigenvalue weighted by molar-refractivity contribution is 7.99. The number of thioether (sulfide) groups is 1. The van der Waals surface area contributed by atoms with Crippen molar-refractivity contribution in [3.63, 3.8) is 0 Å². The molecule has 1 heterocycles. The van der Waals surface area contributed by atoms with Gasteiger partial charge in [-0.3, -0.25) is 9.59 Å². The maximum atomic E-state index is 12.3. The Kier molecular flexibility index (Phi) is 6.85. The summed E-state index contributed by atoms with van der Waals surface area (Å²) in [5, 5.41) is 14.0. The Labute approximate surface area is 172 Å². The smallest absolute Gasteiger partial charge is 0.251 e. The van der Waals surface area contributed by atoms with Crippen LogP contribution in [-0.4, -0.2) is 39.4 Å². The van der Waals surface area contributed by atoms with Crippen molar-refractivity contribution in [2.45, 2.75) is 11.7 Å². The van der Waals surface area contributed by atoms with E-state index in [-0.39, 0.29) is 17.6 Å². The van der Waals surface area contributed by atoms with Gasteiger partial charge in [-0.2, -0.15) is 0 Å². The average molecular weight is 411 g/mol. The molecule has 8 nitrogen and oxygen atoms in total. The van der Waals surface area contributed by atoms with Gasteiger partial charge in [0.25, 0.3) is 5.91 Å². The molecule has 3 aromatic rings. The molecule has 2 amide bonds. The summed E-state index contributed by atoms with van der Waals surface area (Å²) in [6.45, 7) is 0.417. The highest BCUT2D eigenvalue weighted by Crippen LogP contribution is 2.15. The fourth-order valence-electron chi connectivity index (χ4n) is 2.46. The van der Waals surface area contributed by atoms with Crippen LogP contribution in [0.3, 0.4) is 0 Å². The van der Waals surface area contributed by atoms with Crippen LogP contribution in [0.25, 0.3) is 0 Å². The van der Waals surface area contributed by atoms with E-state index in [1.807, 2.05) is 31.3 Å². The first kappa shape index (κ1) is 20.4. The molecule has 0 fully saturated rings. The number of aromatic nitrogens is 3. The zero-order chi connectivity index (χ0) is 20.6. The van der Waals surface area contributed by atoms with Gasteiger partial charge in [0.2, 0.25) is 5.91 Å². The van der Waals surface area contributed by atoms with Crippen molar-refractivity contribution in [3.05, 3.63) is 66.0 Å². The minimum atomic E-state index is -0.184. The summed E-state index contributed by atoms with van der Waals surface area (Å²) >= 11 is 1.30. The Morgan fingerprint density at radius 3 is 2.45 bits per heavy atom. The standard InChI is InChI=1S/C20H21N5O3S/c1-25-13-22-24-20(25)29-12-18(26)23-16-7-5-15(6-8-16)19(27)21-11-14-3-9-17(28-2)10-4-14/h3-10,13H,11-12H2,1-2H3,(H,21,27)(H,23,26). The van der Waals surface area contributed by atoms with E-state index < -0.39 is 0 Å². The van der Waals surface area contributed by atoms with Crippen LogP contribution in [0, 0.1) is 0 Å². The summed E-state index contributed by atoms with van der Waals surface area (Å²) in [6, 6.07) is 14.3. The number of hydrogen-bond donors (Lipinski definition) is 2. The molecular formula is C20H21N5O3S. The number of carbonyl (C=O) groups is 2. The molecule has 0 unspecified atom stereocenters. The van der Waals surface area contributed by atoms with Crippen LogP contribution in [0.1, 0.15) is 15.9 Å². The molecule has 0 atom stereocenters. The van der Waals surface area contributed by atoms with Crippen LogP contribution in [0.4, 0.5) is 5.69 Å². The van der Waals surface area contributed by atoms with Crippen molar-refractivity contribution in [2.24, 2.45) is 7.05 Å². The van der Waals surface area contributed by atoms with Crippen molar-refractivity contribution in [2.75, 3.05) is 18.2 Å². The quantitative estimate of drug-likeness (QED) is 0.553. The van der Waals surface area contributed by atoms with Crippen LogP contribution in [0.2, 0.25) is 0 Å². The van der Waals surface area contributed by atoms with Crippen molar-refractivity contribution in [1.82, 2.24) is 20.1 Å². The van der Waals surface area contributed by atoms with Crippen molar-refractivity contribution in [3.8, 4) is 5.75 Å². The Balaban J connectivity index is 1.47. The van der Waals surface area contributed by atoms with Crippen molar-refractivity contribution >= 4 is 29.3 Å². The third-order valence-corrected chi connectivity index (χ3v) is 5.08. The second-order valence-corrected chi connectivity index (χ2v) is 7.11. The van der Waals surface area contributed by atoms with Crippen LogP contribution >= 0.6 is 11.8 Å². The number of aryl methyl sites for hydroxylation is 1. The lowest BCUT2D eigenvalue weighted by Gasteiger charge is -2.08. The molecule has 0 saturated carbocycles. The van der Waals surface area contributed by atoms with Gasteiger partial charge in [0.15, 0.2) is 5.16 Å². The molecule has 150 valence electrons. The lowest BCUT2D eigenvalue weighted by Crippen LogP contribution is -2.22. The number of rotatable bonds is 8. The second-order valence-electron chi connectivity index (χ2n) is 6.17. The summed E-state index contributed by atoms with van der Waals surface area (Å²) in [7, 11) is 3.43. The van der Waals surface area contributed by atoms with E-state index in [1.165, 1.54) is 11.8 Å². The number of nitrogens with one attached hydrogen (secondary N) is 2. The molecule has 9 heteroatoms. The van der Waals surface area contributed by atoms with E-state index in [1.54, 1.807) is 42.3 Å². The third kappa shape index (κ3) is 5.82. The minimum absolute atomic E-state index is 0.158.